The summed E-state index contributed by atoms with van der Waals surface area (Å²) in [5.41, 5.74) is 0.770. The van der Waals surface area contributed by atoms with Gasteiger partial charge in [-0.05, 0) is 36.4 Å². The number of aromatic hydroxyl groups is 1. The van der Waals surface area contributed by atoms with Gasteiger partial charge in [-0.25, -0.2) is 0 Å². The summed E-state index contributed by atoms with van der Waals surface area (Å²) in [7, 11) is 3.07. The predicted molar refractivity (Wildman–Crippen MR) is 86.7 cm³/mol. The minimum atomic E-state index is -0.423. The minimum Gasteiger partial charge on any atom is -0.507 e. The van der Waals surface area contributed by atoms with Gasteiger partial charge < -0.3 is 20.1 Å². The highest BCUT2D eigenvalue weighted by atomic mass is 16.5. The van der Waals surface area contributed by atoms with E-state index >= 15 is 0 Å². The lowest BCUT2D eigenvalue weighted by atomic mass is 10.2. The number of carbonyl (C=O) groups is 2. The van der Waals surface area contributed by atoms with Crippen molar-refractivity contribution in [1.29, 1.82) is 0 Å². The van der Waals surface area contributed by atoms with E-state index in [1.165, 1.54) is 24.1 Å². The third-order valence-corrected chi connectivity index (χ3v) is 3.24. The van der Waals surface area contributed by atoms with Crippen molar-refractivity contribution in [2.75, 3.05) is 26.0 Å². The van der Waals surface area contributed by atoms with E-state index in [2.05, 4.69) is 5.32 Å². The van der Waals surface area contributed by atoms with Gasteiger partial charge in [0.1, 0.15) is 11.5 Å². The normalized spacial score (nSPS) is 10.0. The van der Waals surface area contributed by atoms with E-state index in [0.717, 1.165) is 0 Å². The van der Waals surface area contributed by atoms with E-state index in [-0.39, 0.29) is 23.8 Å². The average Bonchev–Trinajstić information content (AvgIpc) is 2.55. The van der Waals surface area contributed by atoms with Gasteiger partial charge in [-0.2, -0.15) is 0 Å². The number of para-hydroxylation sites is 1. The quantitative estimate of drug-likeness (QED) is 0.886. The first kappa shape index (κ1) is 16.4. The summed E-state index contributed by atoms with van der Waals surface area (Å²) >= 11 is 0. The zero-order valence-corrected chi connectivity index (χ0v) is 12.9. The Morgan fingerprint density at radius 1 is 1.13 bits per heavy atom. The van der Waals surface area contributed by atoms with Crippen LogP contribution in [0.3, 0.4) is 0 Å². The number of nitrogens with zero attached hydrogens (tertiary/aromatic N) is 1. The van der Waals surface area contributed by atoms with Crippen LogP contribution in [0, 0.1) is 0 Å². The van der Waals surface area contributed by atoms with Crippen molar-refractivity contribution in [1.82, 2.24) is 4.90 Å². The number of hydrogen-bond acceptors (Lipinski definition) is 4. The van der Waals surface area contributed by atoms with Crippen LogP contribution in [0.2, 0.25) is 0 Å². The fourth-order valence-electron chi connectivity index (χ4n) is 2.02. The van der Waals surface area contributed by atoms with Gasteiger partial charge in [0.05, 0.1) is 19.2 Å². The molecule has 0 fully saturated rings. The summed E-state index contributed by atoms with van der Waals surface area (Å²) in [4.78, 5) is 25.4. The van der Waals surface area contributed by atoms with Gasteiger partial charge in [-0.3, -0.25) is 9.59 Å². The summed E-state index contributed by atoms with van der Waals surface area (Å²) in [5.74, 6) is -0.177. The number of methoxy groups -OCH3 is 1. The number of nitrogens with one attached hydrogen (secondary N) is 1. The average molecular weight is 314 g/mol. The molecule has 0 saturated carbocycles. The summed E-state index contributed by atoms with van der Waals surface area (Å²) in [6.07, 6.45) is 0. The van der Waals surface area contributed by atoms with Gasteiger partial charge >= 0.3 is 0 Å². The molecule has 0 unspecified atom stereocenters. The lowest BCUT2D eigenvalue weighted by Gasteiger charge is -2.17. The van der Waals surface area contributed by atoms with Crippen LogP contribution in [-0.2, 0) is 4.79 Å². The van der Waals surface area contributed by atoms with Crippen molar-refractivity contribution >= 4 is 17.5 Å². The molecule has 0 aromatic heterocycles. The second-order valence-electron chi connectivity index (χ2n) is 4.96. The minimum absolute atomic E-state index is 0.111. The number of likely N-dealkylation sites (N-methyl/N-ethyl adjacent to an activating group) is 1. The molecule has 6 heteroatoms. The van der Waals surface area contributed by atoms with Crippen molar-refractivity contribution in [2.45, 2.75) is 0 Å². The first-order valence-electron chi connectivity index (χ1n) is 6.98. The molecule has 120 valence electrons. The van der Waals surface area contributed by atoms with Crippen LogP contribution in [0.5, 0.6) is 11.5 Å². The van der Waals surface area contributed by atoms with Crippen LogP contribution in [0.15, 0.2) is 48.5 Å². The summed E-state index contributed by atoms with van der Waals surface area (Å²) < 4.78 is 5.04. The van der Waals surface area contributed by atoms with Gasteiger partial charge in [0, 0.05) is 12.7 Å². The first-order chi connectivity index (χ1) is 11.0. The largest absolute Gasteiger partial charge is 0.507 e. The van der Waals surface area contributed by atoms with E-state index in [1.807, 2.05) is 0 Å². The number of amides is 2. The molecule has 0 atom stereocenters. The summed E-state index contributed by atoms with van der Waals surface area (Å²) in [6, 6.07) is 13.1. The van der Waals surface area contributed by atoms with Crippen LogP contribution in [0.4, 0.5) is 5.69 Å². The first-order valence-corrected chi connectivity index (χ1v) is 6.98. The van der Waals surface area contributed by atoms with E-state index in [1.54, 1.807) is 43.5 Å². The number of benzene rings is 2. The Kier molecular flexibility index (Phi) is 5.19. The zero-order chi connectivity index (χ0) is 16.8. The molecule has 0 spiro atoms. The number of rotatable bonds is 5. The lowest BCUT2D eigenvalue weighted by molar-refractivity contribution is -0.116. The van der Waals surface area contributed by atoms with Crippen LogP contribution in [0.1, 0.15) is 10.4 Å². The maximum absolute atomic E-state index is 12.2. The van der Waals surface area contributed by atoms with E-state index in [0.29, 0.717) is 11.4 Å². The molecule has 0 saturated heterocycles. The lowest BCUT2D eigenvalue weighted by Crippen LogP contribution is -2.34. The Morgan fingerprint density at radius 3 is 2.39 bits per heavy atom. The Morgan fingerprint density at radius 2 is 1.78 bits per heavy atom. The molecule has 0 bridgehead atoms. The predicted octanol–water partition coefficient (Wildman–Crippen LogP) is 2.11. The molecular formula is C17H18N2O4. The Hall–Kier alpha value is -3.02. The smallest absolute Gasteiger partial charge is 0.257 e. The molecule has 0 aliphatic rings. The van der Waals surface area contributed by atoms with Gasteiger partial charge in [-0.1, -0.05) is 12.1 Å². The number of hydrogen-bond donors (Lipinski definition) is 2. The molecule has 2 N–H and O–H groups in total. The highest BCUT2D eigenvalue weighted by Gasteiger charge is 2.17. The molecule has 0 heterocycles. The molecular weight excluding hydrogens is 296 g/mol. The van der Waals surface area contributed by atoms with E-state index < -0.39 is 5.91 Å². The van der Waals surface area contributed by atoms with Crippen molar-refractivity contribution in [3.05, 3.63) is 54.1 Å². The highest BCUT2D eigenvalue weighted by Crippen LogP contribution is 2.18. The number of phenolic OH excluding ortho intramolecular Hbond substituents is 1. The number of ether oxygens (including phenoxy) is 1. The third kappa shape index (κ3) is 4.23. The van der Waals surface area contributed by atoms with E-state index in [4.69, 9.17) is 4.74 Å². The van der Waals surface area contributed by atoms with Crippen molar-refractivity contribution in [3.8, 4) is 11.5 Å². The molecule has 0 aliphatic heterocycles. The summed E-state index contributed by atoms with van der Waals surface area (Å²) in [5, 5.41) is 12.4. The van der Waals surface area contributed by atoms with Crippen molar-refractivity contribution in [3.63, 3.8) is 0 Å². The standard InChI is InChI=1S/C17H18N2O4/c1-19(17(22)14-5-3-4-6-15(14)20)11-16(21)18-12-7-9-13(23-2)10-8-12/h3-10,20H,11H2,1-2H3,(H,18,21). The Labute approximate surface area is 134 Å². The third-order valence-electron chi connectivity index (χ3n) is 3.24. The maximum atomic E-state index is 12.2. The highest BCUT2D eigenvalue weighted by molar-refractivity contribution is 6.00. The van der Waals surface area contributed by atoms with Gasteiger partial charge in [0.2, 0.25) is 5.91 Å². The molecule has 23 heavy (non-hydrogen) atoms. The fraction of sp³-hybridized carbons (Fsp3) is 0.176. The number of anilines is 1. The molecule has 2 rings (SSSR count). The maximum Gasteiger partial charge on any atom is 0.257 e. The molecule has 2 aromatic rings. The molecule has 2 amide bonds. The molecule has 6 nitrogen and oxygen atoms in total. The fourth-order valence-corrected chi connectivity index (χ4v) is 2.02. The summed E-state index contributed by atoms with van der Waals surface area (Å²) in [6.45, 7) is -0.126. The van der Waals surface area contributed by atoms with Crippen LogP contribution >= 0.6 is 0 Å². The van der Waals surface area contributed by atoms with Gasteiger partial charge in [0.15, 0.2) is 0 Å². The topological polar surface area (TPSA) is 78.9 Å². The molecule has 2 aromatic carbocycles. The van der Waals surface area contributed by atoms with Gasteiger partial charge in [0.25, 0.3) is 5.91 Å². The van der Waals surface area contributed by atoms with Crippen LogP contribution in [0.25, 0.3) is 0 Å². The molecule has 0 radical (unpaired) electrons. The zero-order valence-electron chi connectivity index (χ0n) is 12.9. The van der Waals surface area contributed by atoms with Crippen molar-refractivity contribution < 1.29 is 19.4 Å². The SMILES string of the molecule is COc1ccc(NC(=O)CN(C)C(=O)c2ccccc2O)cc1. The molecule has 0 aliphatic carbocycles. The monoisotopic (exact) mass is 314 g/mol. The van der Waals surface area contributed by atoms with E-state index in [9.17, 15) is 14.7 Å². The van der Waals surface area contributed by atoms with Crippen molar-refractivity contribution in [2.24, 2.45) is 0 Å². The number of phenols is 1. The van der Waals surface area contributed by atoms with Crippen LogP contribution in [-0.4, -0.2) is 42.5 Å². The van der Waals surface area contributed by atoms with Gasteiger partial charge in [-0.15, -0.1) is 0 Å². The second-order valence-corrected chi connectivity index (χ2v) is 4.96. The second kappa shape index (κ2) is 7.31. The van der Waals surface area contributed by atoms with Crippen LogP contribution < -0.4 is 10.1 Å². The Bertz CT molecular complexity index is 698. The number of carbonyl (C=O) groups excluding carboxylic acids is 2. The Balaban J connectivity index is 1.96.